The van der Waals surface area contributed by atoms with E-state index in [4.69, 9.17) is 4.74 Å². The van der Waals surface area contributed by atoms with Gasteiger partial charge in [-0.3, -0.25) is 4.98 Å². The third-order valence-electron chi connectivity index (χ3n) is 3.53. The second kappa shape index (κ2) is 3.69. The van der Waals surface area contributed by atoms with E-state index in [2.05, 4.69) is 23.2 Å². The SMILES string of the molecule is Cc1cc2ccc3c(c2cn1)OC(C(C)(C)O)C3. The van der Waals surface area contributed by atoms with E-state index in [1.807, 2.05) is 13.1 Å². The summed E-state index contributed by atoms with van der Waals surface area (Å²) in [6.45, 7) is 5.55. The maximum atomic E-state index is 10.1. The second-order valence-electron chi connectivity index (χ2n) is 5.56. The van der Waals surface area contributed by atoms with Gasteiger partial charge in [-0.2, -0.15) is 0 Å². The first-order valence-electron chi connectivity index (χ1n) is 6.22. The van der Waals surface area contributed by atoms with E-state index in [0.29, 0.717) is 0 Å². The van der Waals surface area contributed by atoms with Crippen LogP contribution in [-0.4, -0.2) is 21.8 Å². The number of aryl methyl sites for hydroxylation is 1. The van der Waals surface area contributed by atoms with Crippen LogP contribution in [0.5, 0.6) is 5.75 Å². The Morgan fingerprint density at radius 1 is 1.39 bits per heavy atom. The van der Waals surface area contributed by atoms with Gasteiger partial charge in [-0.05, 0) is 37.8 Å². The highest BCUT2D eigenvalue weighted by Crippen LogP contribution is 2.38. The van der Waals surface area contributed by atoms with Gasteiger partial charge < -0.3 is 9.84 Å². The second-order valence-corrected chi connectivity index (χ2v) is 5.56. The van der Waals surface area contributed by atoms with Gasteiger partial charge in [0.25, 0.3) is 0 Å². The highest BCUT2D eigenvalue weighted by molar-refractivity contribution is 5.89. The summed E-state index contributed by atoms with van der Waals surface area (Å²) in [5, 5.41) is 12.2. The molecule has 18 heavy (non-hydrogen) atoms. The van der Waals surface area contributed by atoms with Crippen molar-refractivity contribution in [2.75, 3.05) is 0 Å². The molecule has 0 fully saturated rings. The molecule has 1 aromatic heterocycles. The molecule has 2 aromatic rings. The lowest BCUT2D eigenvalue weighted by atomic mass is 9.96. The monoisotopic (exact) mass is 243 g/mol. The number of hydrogen-bond acceptors (Lipinski definition) is 3. The molecule has 0 saturated carbocycles. The number of fused-ring (bicyclic) bond motifs is 3. The Morgan fingerprint density at radius 2 is 2.17 bits per heavy atom. The first-order chi connectivity index (χ1) is 8.45. The van der Waals surface area contributed by atoms with Gasteiger partial charge in [-0.15, -0.1) is 0 Å². The molecule has 0 aliphatic carbocycles. The number of benzene rings is 1. The molecule has 1 atom stereocenters. The van der Waals surface area contributed by atoms with Gasteiger partial charge in [-0.1, -0.05) is 12.1 Å². The Hall–Kier alpha value is -1.61. The first kappa shape index (κ1) is 11.5. The normalized spacial score (nSPS) is 18.8. The average molecular weight is 243 g/mol. The maximum absolute atomic E-state index is 10.1. The number of aliphatic hydroxyl groups is 1. The van der Waals surface area contributed by atoms with Crippen molar-refractivity contribution < 1.29 is 9.84 Å². The fourth-order valence-electron chi connectivity index (χ4n) is 2.43. The van der Waals surface area contributed by atoms with Crippen LogP contribution in [0.2, 0.25) is 0 Å². The summed E-state index contributed by atoms with van der Waals surface area (Å²) in [5.41, 5.74) is 1.32. The lowest BCUT2D eigenvalue weighted by Crippen LogP contribution is -2.39. The molecule has 1 N–H and O–H groups in total. The van der Waals surface area contributed by atoms with Crippen molar-refractivity contribution in [2.45, 2.75) is 38.9 Å². The molecule has 3 nitrogen and oxygen atoms in total. The Bertz CT molecular complexity index is 614. The molecule has 94 valence electrons. The Morgan fingerprint density at radius 3 is 2.89 bits per heavy atom. The fourth-order valence-corrected chi connectivity index (χ4v) is 2.43. The van der Waals surface area contributed by atoms with Gasteiger partial charge in [0.05, 0.1) is 5.60 Å². The van der Waals surface area contributed by atoms with Crippen molar-refractivity contribution in [1.29, 1.82) is 0 Å². The minimum absolute atomic E-state index is 0.181. The Kier molecular flexibility index (Phi) is 2.35. The first-order valence-corrected chi connectivity index (χ1v) is 6.22. The molecule has 1 unspecified atom stereocenters. The number of rotatable bonds is 1. The maximum Gasteiger partial charge on any atom is 0.132 e. The lowest BCUT2D eigenvalue weighted by molar-refractivity contribution is -0.0224. The zero-order chi connectivity index (χ0) is 12.9. The number of ether oxygens (including phenoxy) is 1. The van der Waals surface area contributed by atoms with Crippen LogP contribution in [0.25, 0.3) is 10.8 Å². The predicted molar refractivity (Wildman–Crippen MR) is 70.9 cm³/mol. The van der Waals surface area contributed by atoms with Crippen LogP contribution in [0.4, 0.5) is 0 Å². The lowest BCUT2D eigenvalue weighted by Gasteiger charge is -2.24. The van der Waals surface area contributed by atoms with Crippen LogP contribution in [-0.2, 0) is 6.42 Å². The van der Waals surface area contributed by atoms with Crippen LogP contribution in [0.15, 0.2) is 24.4 Å². The van der Waals surface area contributed by atoms with Crippen molar-refractivity contribution >= 4 is 10.8 Å². The van der Waals surface area contributed by atoms with Crippen molar-refractivity contribution in [3.63, 3.8) is 0 Å². The smallest absolute Gasteiger partial charge is 0.132 e. The predicted octanol–water partition coefficient (Wildman–Crippen LogP) is 2.62. The van der Waals surface area contributed by atoms with E-state index < -0.39 is 5.60 Å². The van der Waals surface area contributed by atoms with Crippen molar-refractivity contribution in [2.24, 2.45) is 0 Å². The number of nitrogens with zero attached hydrogens (tertiary/aromatic N) is 1. The molecule has 1 aliphatic rings. The fraction of sp³-hybridized carbons (Fsp3) is 0.400. The molecular formula is C15H17NO2. The van der Waals surface area contributed by atoms with E-state index in [9.17, 15) is 5.11 Å². The highest BCUT2D eigenvalue weighted by Gasteiger charge is 2.35. The van der Waals surface area contributed by atoms with Crippen LogP contribution < -0.4 is 4.74 Å². The summed E-state index contributed by atoms with van der Waals surface area (Å²) < 4.78 is 5.93. The molecule has 1 aromatic carbocycles. The largest absolute Gasteiger partial charge is 0.486 e. The minimum Gasteiger partial charge on any atom is -0.486 e. The van der Waals surface area contributed by atoms with Gasteiger partial charge in [0.2, 0.25) is 0 Å². The molecule has 0 amide bonds. The number of aromatic nitrogens is 1. The van der Waals surface area contributed by atoms with Gasteiger partial charge in [0, 0.05) is 23.7 Å². The topological polar surface area (TPSA) is 42.4 Å². The van der Waals surface area contributed by atoms with Crippen molar-refractivity contribution in [1.82, 2.24) is 4.98 Å². The molecule has 3 rings (SSSR count). The number of pyridine rings is 1. The molecule has 3 heteroatoms. The van der Waals surface area contributed by atoms with Crippen LogP contribution in [0.3, 0.4) is 0 Å². The number of hydrogen-bond donors (Lipinski definition) is 1. The van der Waals surface area contributed by atoms with Crippen LogP contribution in [0.1, 0.15) is 25.1 Å². The Labute approximate surface area is 106 Å². The van der Waals surface area contributed by atoms with E-state index >= 15 is 0 Å². The zero-order valence-electron chi connectivity index (χ0n) is 10.9. The van der Waals surface area contributed by atoms with E-state index in [1.54, 1.807) is 13.8 Å². The third-order valence-corrected chi connectivity index (χ3v) is 3.53. The molecule has 1 aliphatic heterocycles. The molecule has 0 radical (unpaired) electrons. The van der Waals surface area contributed by atoms with E-state index in [0.717, 1.165) is 34.2 Å². The Balaban J connectivity index is 2.11. The quantitative estimate of drug-likeness (QED) is 0.837. The molecular weight excluding hydrogens is 226 g/mol. The molecule has 2 heterocycles. The van der Waals surface area contributed by atoms with Crippen molar-refractivity contribution in [3.8, 4) is 5.75 Å². The highest BCUT2D eigenvalue weighted by atomic mass is 16.5. The molecule has 0 bridgehead atoms. The van der Waals surface area contributed by atoms with Gasteiger partial charge >= 0.3 is 0 Å². The summed E-state index contributed by atoms with van der Waals surface area (Å²) in [7, 11) is 0. The summed E-state index contributed by atoms with van der Waals surface area (Å²) >= 11 is 0. The standard InChI is InChI=1S/C15H17NO2/c1-9-6-10-4-5-11-7-13(15(2,3)17)18-14(11)12(10)8-16-9/h4-6,8,13,17H,7H2,1-3H3. The van der Waals surface area contributed by atoms with Crippen LogP contribution in [0, 0.1) is 6.92 Å². The average Bonchev–Trinajstić information content (AvgIpc) is 2.72. The van der Waals surface area contributed by atoms with Crippen LogP contribution >= 0.6 is 0 Å². The minimum atomic E-state index is -0.830. The van der Waals surface area contributed by atoms with E-state index in [-0.39, 0.29) is 6.10 Å². The van der Waals surface area contributed by atoms with Crippen molar-refractivity contribution in [3.05, 3.63) is 35.7 Å². The van der Waals surface area contributed by atoms with Gasteiger partial charge in [0.1, 0.15) is 11.9 Å². The summed E-state index contributed by atoms with van der Waals surface area (Å²) in [5.74, 6) is 0.882. The third kappa shape index (κ3) is 1.75. The summed E-state index contributed by atoms with van der Waals surface area (Å²) in [6.07, 6.45) is 2.43. The van der Waals surface area contributed by atoms with E-state index in [1.165, 1.54) is 0 Å². The molecule has 0 saturated heterocycles. The molecule has 0 spiro atoms. The van der Waals surface area contributed by atoms with Gasteiger partial charge in [-0.25, -0.2) is 0 Å². The summed E-state index contributed by atoms with van der Waals surface area (Å²) in [4.78, 5) is 4.33. The van der Waals surface area contributed by atoms with Gasteiger partial charge in [0.15, 0.2) is 0 Å². The summed E-state index contributed by atoms with van der Waals surface area (Å²) in [6, 6.07) is 6.23. The zero-order valence-corrected chi connectivity index (χ0v) is 10.9.